The van der Waals surface area contributed by atoms with E-state index in [0.29, 0.717) is 17.3 Å². The van der Waals surface area contributed by atoms with Crippen molar-refractivity contribution in [2.24, 2.45) is 0 Å². The lowest BCUT2D eigenvalue weighted by Gasteiger charge is -2.28. The number of fused-ring (bicyclic) bond motifs is 1. The molecule has 1 amide bonds. The number of carbonyl (C=O) groups excluding carboxylic acids is 1. The first-order valence-corrected chi connectivity index (χ1v) is 5.95. The van der Waals surface area contributed by atoms with E-state index in [1.165, 1.54) is 0 Å². The van der Waals surface area contributed by atoms with Gasteiger partial charge in [-0.3, -0.25) is 4.90 Å². The maximum Gasteiger partial charge on any atom is 0.420 e. The van der Waals surface area contributed by atoms with E-state index >= 15 is 0 Å². The van der Waals surface area contributed by atoms with Crippen molar-refractivity contribution in [1.29, 1.82) is 0 Å². The van der Waals surface area contributed by atoms with Crippen LogP contribution in [0.25, 0.3) is 0 Å². The third-order valence-corrected chi connectivity index (χ3v) is 3.07. The van der Waals surface area contributed by atoms with Crippen molar-refractivity contribution in [2.45, 2.75) is 6.54 Å². The number of halogens is 1. The summed E-state index contributed by atoms with van der Waals surface area (Å²) in [5.74, 6) is 0.580. The predicted molar refractivity (Wildman–Crippen MR) is 70.1 cm³/mol. The summed E-state index contributed by atoms with van der Waals surface area (Å²) in [5.41, 5.74) is 1.72. The first kappa shape index (κ1) is 11.1. The number of benzene rings is 2. The SMILES string of the molecule is O=C1Oc2ccc(Cl)cc2CN1c1ccccc1. The van der Waals surface area contributed by atoms with E-state index in [1.54, 1.807) is 17.0 Å². The van der Waals surface area contributed by atoms with Crippen molar-refractivity contribution < 1.29 is 9.53 Å². The Morgan fingerprint density at radius 1 is 1.11 bits per heavy atom. The summed E-state index contributed by atoms with van der Waals surface area (Å²) in [7, 11) is 0. The van der Waals surface area contributed by atoms with Crippen molar-refractivity contribution in [3.63, 3.8) is 0 Å². The Labute approximate surface area is 110 Å². The van der Waals surface area contributed by atoms with Crippen molar-refractivity contribution >= 4 is 23.4 Å². The summed E-state index contributed by atoms with van der Waals surface area (Å²) in [6.07, 6.45) is -0.365. The van der Waals surface area contributed by atoms with Gasteiger partial charge >= 0.3 is 6.09 Å². The first-order chi connectivity index (χ1) is 8.74. The van der Waals surface area contributed by atoms with Gasteiger partial charge in [0.15, 0.2) is 0 Å². The van der Waals surface area contributed by atoms with Gasteiger partial charge in [-0.15, -0.1) is 0 Å². The van der Waals surface area contributed by atoms with Crippen molar-refractivity contribution in [1.82, 2.24) is 0 Å². The smallest absolute Gasteiger partial charge is 0.410 e. The average Bonchev–Trinajstić information content (AvgIpc) is 2.39. The van der Waals surface area contributed by atoms with E-state index in [0.717, 1.165) is 11.3 Å². The highest BCUT2D eigenvalue weighted by Crippen LogP contribution is 2.31. The lowest BCUT2D eigenvalue weighted by atomic mass is 10.1. The van der Waals surface area contributed by atoms with Crippen LogP contribution in [-0.4, -0.2) is 6.09 Å². The van der Waals surface area contributed by atoms with Gasteiger partial charge in [-0.25, -0.2) is 4.79 Å². The number of amides is 1. The third kappa shape index (κ3) is 1.93. The summed E-state index contributed by atoms with van der Waals surface area (Å²) in [4.78, 5) is 13.5. The monoisotopic (exact) mass is 259 g/mol. The molecule has 2 aromatic carbocycles. The first-order valence-electron chi connectivity index (χ1n) is 5.57. The van der Waals surface area contributed by atoms with Crippen LogP contribution in [0.3, 0.4) is 0 Å². The van der Waals surface area contributed by atoms with Crippen LogP contribution < -0.4 is 9.64 Å². The Morgan fingerprint density at radius 2 is 1.89 bits per heavy atom. The Balaban J connectivity index is 1.99. The second kappa shape index (κ2) is 4.35. The Hall–Kier alpha value is -2.00. The number of nitrogens with zero attached hydrogens (tertiary/aromatic N) is 1. The molecule has 90 valence electrons. The van der Waals surface area contributed by atoms with Crippen LogP contribution in [0.1, 0.15) is 5.56 Å². The Morgan fingerprint density at radius 3 is 2.67 bits per heavy atom. The van der Waals surface area contributed by atoms with Crippen LogP contribution in [0.2, 0.25) is 5.02 Å². The molecule has 4 heteroatoms. The number of ether oxygens (including phenoxy) is 1. The zero-order valence-corrected chi connectivity index (χ0v) is 10.2. The minimum absolute atomic E-state index is 0.365. The highest BCUT2D eigenvalue weighted by atomic mass is 35.5. The largest absolute Gasteiger partial charge is 0.420 e. The van der Waals surface area contributed by atoms with Gasteiger partial charge in [0.25, 0.3) is 0 Å². The van der Waals surface area contributed by atoms with Gasteiger partial charge in [-0.1, -0.05) is 29.8 Å². The number of hydrogen-bond acceptors (Lipinski definition) is 2. The normalized spacial score (nSPS) is 14.1. The molecule has 3 rings (SSSR count). The number of carbonyl (C=O) groups is 1. The van der Waals surface area contributed by atoms with Crippen molar-refractivity contribution in [3.05, 3.63) is 59.1 Å². The average molecular weight is 260 g/mol. The molecule has 3 nitrogen and oxygen atoms in total. The molecule has 0 aliphatic carbocycles. The van der Waals surface area contributed by atoms with E-state index in [-0.39, 0.29) is 6.09 Å². The molecule has 0 bridgehead atoms. The zero-order valence-electron chi connectivity index (χ0n) is 9.47. The molecular formula is C14H10ClNO2. The van der Waals surface area contributed by atoms with E-state index in [9.17, 15) is 4.79 Å². The Bertz CT molecular complexity index is 598. The molecule has 1 aliphatic heterocycles. The Kier molecular flexibility index (Phi) is 2.68. The maximum atomic E-state index is 11.9. The molecule has 0 atom stereocenters. The van der Waals surface area contributed by atoms with Crippen LogP contribution in [0, 0.1) is 0 Å². The maximum absolute atomic E-state index is 11.9. The summed E-state index contributed by atoms with van der Waals surface area (Å²) in [5, 5.41) is 0.639. The molecule has 0 N–H and O–H groups in total. The summed E-state index contributed by atoms with van der Waals surface area (Å²) < 4.78 is 5.28. The fraction of sp³-hybridized carbons (Fsp3) is 0.0714. The third-order valence-electron chi connectivity index (χ3n) is 2.84. The van der Waals surface area contributed by atoms with E-state index in [1.807, 2.05) is 36.4 Å². The fourth-order valence-electron chi connectivity index (χ4n) is 1.96. The molecule has 0 aromatic heterocycles. The highest BCUT2D eigenvalue weighted by Gasteiger charge is 2.25. The molecular weight excluding hydrogens is 250 g/mol. The van der Waals surface area contributed by atoms with Crippen molar-refractivity contribution in [3.8, 4) is 5.75 Å². The number of rotatable bonds is 1. The minimum Gasteiger partial charge on any atom is -0.410 e. The van der Waals surface area contributed by atoms with E-state index < -0.39 is 0 Å². The van der Waals surface area contributed by atoms with Gasteiger partial charge in [-0.2, -0.15) is 0 Å². The van der Waals surface area contributed by atoms with Crippen LogP contribution in [0.4, 0.5) is 10.5 Å². The molecule has 0 saturated heterocycles. The minimum atomic E-state index is -0.365. The second-order valence-corrected chi connectivity index (χ2v) is 4.48. The lowest BCUT2D eigenvalue weighted by molar-refractivity contribution is 0.203. The van der Waals surface area contributed by atoms with Gasteiger partial charge in [0, 0.05) is 16.3 Å². The molecule has 0 saturated carbocycles. The predicted octanol–water partition coefficient (Wildman–Crippen LogP) is 3.86. The topological polar surface area (TPSA) is 29.5 Å². The summed E-state index contributed by atoms with van der Waals surface area (Å²) >= 11 is 5.95. The summed E-state index contributed by atoms with van der Waals surface area (Å²) in [6.45, 7) is 0.471. The van der Waals surface area contributed by atoms with Gasteiger partial charge < -0.3 is 4.74 Å². The van der Waals surface area contributed by atoms with Crippen molar-refractivity contribution in [2.75, 3.05) is 4.90 Å². The van der Waals surface area contributed by atoms with Crippen LogP contribution >= 0.6 is 11.6 Å². The van der Waals surface area contributed by atoms with Gasteiger partial charge in [-0.05, 0) is 30.3 Å². The molecule has 0 spiro atoms. The quantitative estimate of drug-likeness (QED) is 0.778. The highest BCUT2D eigenvalue weighted by molar-refractivity contribution is 6.30. The molecule has 18 heavy (non-hydrogen) atoms. The summed E-state index contributed by atoms with van der Waals surface area (Å²) in [6, 6.07) is 14.7. The molecule has 0 fully saturated rings. The molecule has 1 heterocycles. The molecule has 0 unspecified atom stereocenters. The molecule has 2 aromatic rings. The number of para-hydroxylation sites is 1. The number of anilines is 1. The van der Waals surface area contributed by atoms with Gasteiger partial charge in [0.1, 0.15) is 5.75 Å². The fourth-order valence-corrected chi connectivity index (χ4v) is 2.15. The number of hydrogen-bond donors (Lipinski definition) is 0. The molecule has 0 radical (unpaired) electrons. The molecule has 1 aliphatic rings. The lowest BCUT2D eigenvalue weighted by Crippen LogP contribution is -2.36. The van der Waals surface area contributed by atoms with Gasteiger partial charge in [0.2, 0.25) is 0 Å². The van der Waals surface area contributed by atoms with E-state index in [2.05, 4.69) is 0 Å². The van der Waals surface area contributed by atoms with Crippen LogP contribution in [0.15, 0.2) is 48.5 Å². The zero-order chi connectivity index (χ0) is 12.5. The van der Waals surface area contributed by atoms with E-state index in [4.69, 9.17) is 16.3 Å². The van der Waals surface area contributed by atoms with Crippen LogP contribution in [-0.2, 0) is 6.54 Å². The van der Waals surface area contributed by atoms with Gasteiger partial charge in [0.05, 0.1) is 6.54 Å². The van der Waals surface area contributed by atoms with Crippen LogP contribution in [0.5, 0.6) is 5.75 Å². The standard InChI is InChI=1S/C14H10ClNO2/c15-11-6-7-13-10(8-11)9-16(14(17)18-13)12-4-2-1-3-5-12/h1-8H,9H2. The second-order valence-electron chi connectivity index (χ2n) is 4.04.